The molecule has 1 fully saturated rings. The summed E-state index contributed by atoms with van der Waals surface area (Å²) in [5.74, 6) is -1.59. The summed E-state index contributed by atoms with van der Waals surface area (Å²) in [6, 6.07) is 16.7. The van der Waals surface area contributed by atoms with Crippen molar-refractivity contribution in [3.05, 3.63) is 95.3 Å². The van der Waals surface area contributed by atoms with Crippen molar-refractivity contribution in [1.82, 2.24) is 15.5 Å². The average molecular weight is 649 g/mol. The quantitative estimate of drug-likeness (QED) is 0.166. The van der Waals surface area contributed by atoms with Gasteiger partial charge in [-0.15, -0.1) is 0 Å². The smallest absolute Gasteiger partial charge is 0.314 e. The molecule has 1 saturated heterocycles. The van der Waals surface area contributed by atoms with Crippen molar-refractivity contribution in [2.45, 2.75) is 41.6 Å². The first-order valence-corrected chi connectivity index (χ1v) is 14.1. The van der Waals surface area contributed by atoms with Crippen LogP contribution in [0.15, 0.2) is 66.7 Å². The van der Waals surface area contributed by atoms with Gasteiger partial charge >= 0.3 is 6.03 Å². The van der Waals surface area contributed by atoms with Crippen molar-refractivity contribution in [2.24, 2.45) is 0 Å². The van der Waals surface area contributed by atoms with E-state index in [-0.39, 0.29) is 23.8 Å². The van der Waals surface area contributed by atoms with Crippen LogP contribution >= 0.6 is 22.6 Å². The van der Waals surface area contributed by atoms with Crippen LogP contribution in [0.5, 0.6) is 0 Å². The number of rotatable bonds is 8. The molecule has 0 spiro atoms. The summed E-state index contributed by atoms with van der Waals surface area (Å²) in [6.07, 6.45) is 2.00. The van der Waals surface area contributed by atoms with Crippen LogP contribution in [-0.4, -0.2) is 40.9 Å². The summed E-state index contributed by atoms with van der Waals surface area (Å²) < 4.78 is 40.9. The van der Waals surface area contributed by atoms with Gasteiger partial charge in [-0.3, -0.25) is 4.79 Å². The molecule has 0 radical (unpaired) electrons. The average Bonchev–Trinajstić information content (AvgIpc) is 2.93. The van der Waals surface area contributed by atoms with E-state index in [0.29, 0.717) is 43.5 Å². The van der Waals surface area contributed by atoms with Crippen LogP contribution in [0.3, 0.4) is 0 Å². The Bertz CT molecular complexity index is 1320. The molecule has 0 aliphatic carbocycles. The Labute approximate surface area is 240 Å². The Kier molecular flexibility index (Phi) is 9.19. The number of hydrogen-bond donors (Lipinski definition) is 2. The molecule has 1 aliphatic heterocycles. The summed E-state index contributed by atoms with van der Waals surface area (Å²) in [4.78, 5) is 27.3. The number of urea groups is 1. The number of carbonyl (C=O) groups is 2. The molecular weight excluding hydrogens is 618 g/mol. The number of amides is 3. The van der Waals surface area contributed by atoms with Crippen molar-refractivity contribution in [3.63, 3.8) is 0 Å². The summed E-state index contributed by atoms with van der Waals surface area (Å²) in [5, 5.41) is 5.33. The molecule has 2 unspecified atom stereocenters. The van der Waals surface area contributed by atoms with E-state index < -0.39 is 21.0 Å². The van der Waals surface area contributed by atoms with Gasteiger partial charge in [0.15, 0.2) is 0 Å². The van der Waals surface area contributed by atoms with Gasteiger partial charge in [-0.25, -0.2) is 18.0 Å². The third-order valence-electron chi connectivity index (χ3n) is 7.62. The Morgan fingerprint density at radius 3 is 2.36 bits per heavy atom. The topological polar surface area (TPSA) is 61.4 Å². The van der Waals surface area contributed by atoms with Gasteiger partial charge in [0.2, 0.25) is 5.91 Å². The molecule has 0 saturated carbocycles. The maximum atomic E-state index is 14.2. The van der Waals surface area contributed by atoms with Crippen LogP contribution in [0, 0.1) is 17.5 Å². The lowest BCUT2D eigenvalue weighted by atomic mass is 9.69. The molecule has 3 aromatic carbocycles. The zero-order chi connectivity index (χ0) is 28.2. The van der Waals surface area contributed by atoms with Crippen LogP contribution in [0.4, 0.5) is 18.0 Å². The molecule has 3 amide bonds. The minimum Gasteiger partial charge on any atom is -0.341 e. The van der Waals surface area contributed by atoms with Crippen molar-refractivity contribution in [1.29, 1.82) is 0 Å². The lowest BCUT2D eigenvalue weighted by Crippen LogP contribution is -2.55. The number of likely N-dealkylation sites (tertiary alicyclic amines) is 1. The number of nitrogens with one attached hydrogen (secondary N) is 2. The van der Waals surface area contributed by atoms with Gasteiger partial charge in [0.05, 0.1) is 9.97 Å². The van der Waals surface area contributed by atoms with Crippen molar-refractivity contribution < 1.29 is 22.8 Å². The summed E-state index contributed by atoms with van der Waals surface area (Å²) >= 11 is 2.21. The van der Waals surface area contributed by atoms with Gasteiger partial charge < -0.3 is 15.5 Å². The zero-order valence-corrected chi connectivity index (χ0v) is 24.0. The second-order valence-corrected chi connectivity index (χ2v) is 11.1. The molecule has 3 aromatic rings. The molecule has 5 nitrogen and oxygen atoms in total. The SMILES string of the molecule is CNC(=O)NCCCC1(c2ccc(F)cc2)CCN([C@@H](C)c2ccc(-c3ccc(F)cc3F)cc2)C(=O)C1I. The molecule has 2 N–H and O–H groups in total. The van der Waals surface area contributed by atoms with Crippen LogP contribution in [0.25, 0.3) is 11.1 Å². The highest BCUT2D eigenvalue weighted by molar-refractivity contribution is 14.1. The normalized spacial score (nSPS) is 20.0. The third-order valence-corrected chi connectivity index (χ3v) is 9.34. The fraction of sp³-hybridized carbons (Fsp3) is 0.333. The first-order chi connectivity index (χ1) is 18.7. The first-order valence-electron chi connectivity index (χ1n) is 12.9. The van der Waals surface area contributed by atoms with Crippen molar-refractivity contribution >= 4 is 34.5 Å². The van der Waals surface area contributed by atoms with E-state index >= 15 is 0 Å². The molecule has 1 aliphatic rings. The van der Waals surface area contributed by atoms with E-state index in [1.807, 2.05) is 24.0 Å². The van der Waals surface area contributed by atoms with Crippen molar-refractivity contribution in [3.8, 4) is 11.1 Å². The monoisotopic (exact) mass is 649 g/mol. The van der Waals surface area contributed by atoms with Gasteiger partial charge in [0.25, 0.3) is 0 Å². The Morgan fingerprint density at radius 2 is 1.72 bits per heavy atom. The number of halogens is 4. The highest BCUT2D eigenvalue weighted by Crippen LogP contribution is 2.46. The minimum atomic E-state index is -0.627. The molecule has 1 heterocycles. The van der Waals surface area contributed by atoms with E-state index in [1.54, 1.807) is 31.3 Å². The highest BCUT2D eigenvalue weighted by atomic mass is 127. The van der Waals surface area contributed by atoms with E-state index in [0.717, 1.165) is 17.2 Å². The molecule has 9 heteroatoms. The summed E-state index contributed by atoms with van der Waals surface area (Å²) in [7, 11) is 1.56. The highest BCUT2D eigenvalue weighted by Gasteiger charge is 2.48. The third kappa shape index (κ3) is 6.23. The standard InChI is InChI=1S/C30H31F3IN3O2/c1-19(20-4-6-21(7-5-20)25-13-12-24(32)18-26(25)33)37-17-15-30(27(34)28(37)38,14-3-16-36-29(39)35-2)22-8-10-23(31)11-9-22/h4-13,18-19,27H,3,14-17H2,1-2H3,(H2,35,36,39)/t19-,27?,30?/m0/s1. The lowest BCUT2D eigenvalue weighted by Gasteiger charge is -2.47. The molecular formula is C30H31F3IN3O2. The second-order valence-electron chi connectivity index (χ2n) is 9.84. The molecule has 3 atom stereocenters. The fourth-order valence-corrected chi connectivity index (χ4v) is 6.67. The van der Waals surface area contributed by atoms with E-state index in [4.69, 9.17) is 0 Å². The molecule has 0 aromatic heterocycles. The Hall–Kier alpha value is -3.08. The number of nitrogens with zero attached hydrogens (tertiary/aromatic N) is 1. The van der Waals surface area contributed by atoms with Gasteiger partial charge in [0, 0.05) is 37.2 Å². The number of carbonyl (C=O) groups excluding carboxylic acids is 2. The van der Waals surface area contributed by atoms with Gasteiger partial charge in [0.1, 0.15) is 17.5 Å². The number of piperidine rings is 1. The van der Waals surface area contributed by atoms with E-state index in [9.17, 15) is 22.8 Å². The minimum absolute atomic E-state index is 0.00779. The molecule has 0 bridgehead atoms. The predicted octanol–water partition coefficient (Wildman–Crippen LogP) is 6.52. The predicted molar refractivity (Wildman–Crippen MR) is 154 cm³/mol. The number of alkyl halides is 1. The van der Waals surface area contributed by atoms with Crippen LogP contribution in [0.1, 0.15) is 43.4 Å². The maximum Gasteiger partial charge on any atom is 0.314 e. The second kappa shape index (κ2) is 12.4. The molecule has 206 valence electrons. The van der Waals surface area contributed by atoms with E-state index in [2.05, 4.69) is 33.2 Å². The lowest BCUT2D eigenvalue weighted by molar-refractivity contribution is -0.137. The largest absolute Gasteiger partial charge is 0.341 e. The van der Waals surface area contributed by atoms with E-state index in [1.165, 1.54) is 24.3 Å². The Balaban J connectivity index is 1.53. The maximum absolute atomic E-state index is 14.2. The van der Waals surface area contributed by atoms with Crippen molar-refractivity contribution in [2.75, 3.05) is 20.1 Å². The number of hydrogen-bond acceptors (Lipinski definition) is 2. The van der Waals surface area contributed by atoms with Crippen LogP contribution in [0.2, 0.25) is 0 Å². The van der Waals surface area contributed by atoms with Gasteiger partial charge in [-0.1, -0.05) is 59.0 Å². The Morgan fingerprint density at radius 1 is 1.05 bits per heavy atom. The first kappa shape index (κ1) is 28.9. The van der Waals surface area contributed by atoms with Crippen LogP contribution in [-0.2, 0) is 10.2 Å². The summed E-state index contributed by atoms with van der Waals surface area (Å²) in [5.41, 5.74) is 2.25. The molecule has 4 rings (SSSR count). The van der Waals surface area contributed by atoms with Gasteiger partial charge in [-0.05, 0) is 67.1 Å². The number of benzene rings is 3. The zero-order valence-electron chi connectivity index (χ0n) is 21.8. The van der Waals surface area contributed by atoms with Gasteiger partial charge in [-0.2, -0.15) is 0 Å². The van der Waals surface area contributed by atoms with Crippen LogP contribution < -0.4 is 10.6 Å². The summed E-state index contributed by atoms with van der Waals surface area (Å²) in [6.45, 7) is 2.93. The molecule has 39 heavy (non-hydrogen) atoms. The fourth-order valence-electron chi connectivity index (χ4n) is 5.33.